The number of aliphatic imine (C=N–C) groups is 1. The number of nitrogens with one attached hydrogen (secondary N) is 1. The number of pyridine rings is 1. The maximum Gasteiger partial charge on any atom is 0.193 e. The Morgan fingerprint density at radius 3 is 2.68 bits per heavy atom. The van der Waals surface area contributed by atoms with Crippen molar-refractivity contribution in [1.29, 1.82) is 0 Å². The van der Waals surface area contributed by atoms with Crippen molar-refractivity contribution in [2.24, 2.45) is 4.99 Å². The lowest BCUT2D eigenvalue weighted by Gasteiger charge is -2.23. The highest BCUT2D eigenvalue weighted by molar-refractivity contribution is 5.89. The highest BCUT2D eigenvalue weighted by atomic mass is 16.1. The van der Waals surface area contributed by atoms with Crippen molar-refractivity contribution in [2.45, 2.75) is 39.5 Å². The third-order valence-corrected chi connectivity index (χ3v) is 5.63. The van der Waals surface area contributed by atoms with E-state index < -0.39 is 0 Å². The zero-order valence-corrected chi connectivity index (χ0v) is 18.3. The van der Waals surface area contributed by atoms with E-state index in [4.69, 9.17) is 4.99 Å². The Kier molecular flexibility index (Phi) is 6.51. The molecule has 0 atom stereocenters. The summed E-state index contributed by atoms with van der Waals surface area (Å²) in [6.45, 7) is 6.19. The molecule has 5 nitrogen and oxygen atoms in total. The summed E-state index contributed by atoms with van der Waals surface area (Å²) in [4.78, 5) is 20.1. The molecule has 5 heteroatoms. The fourth-order valence-corrected chi connectivity index (χ4v) is 4.11. The van der Waals surface area contributed by atoms with Gasteiger partial charge in [-0.25, -0.2) is 4.99 Å². The summed E-state index contributed by atoms with van der Waals surface area (Å²) in [5.74, 6) is 1.77. The zero-order valence-electron chi connectivity index (χ0n) is 18.3. The van der Waals surface area contributed by atoms with Gasteiger partial charge in [-0.1, -0.05) is 43.4 Å². The number of benzene rings is 1. The van der Waals surface area contributed by atoms with Crippen molar-refractivity contribution in [3.63, 3.8) is 0 Å². The van der Waals surface area contributed by atoms with Gasteiger partial charge in [-0.3, -0.25) is 9.36 Å². The van der Waals surface area contributed by atoms with Gasteiger partial charge in [0.1, 0.15) is 11.7 Å². The number of allylic oxidation sites excluding steroid dienone is 3. The van der Waals surface area contributed by atoms with Crippen LogP contribution in [0.5, 0.6) is 0 Å². The van der Waals surface area contributed by atoms with E-state index in [2.05, 4.69) is 65.1 Å². The number of para-hydroxylation sites is 1. The molecular weight excluding hydrogens is 384 g/mol. The molecule has 0 unspecified atom stereocenters. The number of aromatic nitrogens is 1. The first-order chi connectivity index (χ1) is 15.2. The Hall–Kier alpha value is -3.34. The summed E-state index contributed by atoms with van der Waals surface area (Å²) in [6.07, 6.45) is 14.1. The van der Waals surface area contributed by atoms with Gasteiger partial charge in [0, 0.05) is 43.2 Å². The second-order valence-electron chi connectivity index (χ2n) is 7.79. The minimum absolute atomic E-state index is 0.0233. The minimum Gasteiger partial charge on any atom is -0.360 e. The van der Waals surface area contributed by atoms with Gasteiger partial charge < -0.3 is 10.2 Å². The number of rotatable bonds is 6. The summed E-state index contributed by atoms with van der Waals surface area (Å²) in [6, 6.07) is 11.9. The first-order valence-corrected chi connectivity index (χ1v) is 11.2. The smallest absolute Gasteiger partial charge is 0.193 e. The molecule has 1 aromatic carbocycles. The maximum absolute atomic E-state index is 13.1. The van der Waals surface area contributed by atoms with Gasteiger partial charge in [-0.2, -0.15) is 0 Å². The second kappa shape index (κ2) is 9.65. The van der Waals surface area contributed by atoms with E-state index in [-0.39, 0.29) is 5.43 Å². The van der Waals surface area contributed by atoms with Gasteiger partial charge in [0.25, 0.3) is 0 Å². The summed E-state index contributed by atoms with van der Waals surface area (Å²) in [7, 11) is 0. The Balaban J connectivity index is 1.88. The molecular formula is C26H30N4O. The summed E-state index contributed by atoms with van der Waals surface area (Å²) >= 11 is 0. The lowest BCUT2D eigenvalue weighted by Crippen LogP contribution is -2.45. The van der Waals surface area contributed by atoms with Crippen molar-refractivity contribution in [3.8, 4) is 5.69 Å². The van der Waals surface area contributed by atoms with Crippen molar-refractivity contribution >= 4 is 23.9 Å². The molecule has 4 rings (SSSR count). The van der Waals surface area contributed by atoms with Crippen LogP contribution in [0, 0.1) is 0 Å². The number of amidine groups is 1. The van der Waals surface area contributed by atoms with Crippen LogP contribution in [0.4, 0.5) is 5.82 Å². The van der Waals surface area contributed by atoms with Gasteiger partial charge in [0.15, 0.2) is 5.43 Å². The van der Waals surface area contributed by atoms with Crippen LogP contribution in [-0.4, -0.2) is 28.4 Å². The topological polar surface area (TPSA) is 49.6 Å². The minimum atomic E-state index is -0.0233. The number of fused-ring (bicyclic) bond motifs is 1. The fraction of sp³-hybridized carbons (Fsp3) is 0.308. The maximum atomic E-state index is 13.1. The normalized spacial score (nSPS) is 15.0. The molecule has 1 N–H and O–H groups in total. The summed E-state index contributed by atoms with van der Waals surface area (Å²) < 4.78 is 2.13. The molecule has 0 saturated carbocycles. The van der Waals surface area contributed by atoms with Gasteiger partial charge in [0.2, 0.25) is 0 Å². The van der Waals surface area contributed by atoms with Crippen LogP contribution in [0.15, 0.2) is 70.1 Å². The van der Waals surface area contributed by atoms with E-state index in [1.165, 1.54) is 0 Å². The highest BCUT2D eigenvalue weighted by Crippen LogP contribution is 2.16. The van der Waals surface area contributed by atoms with Crippen molar-refractivity contribution < 1.29 is 0 Å². The molecule has 1 aliphatic carbocycles. The van der Waals surface area contributed by atoms with E-state index in [0.717, 1.165) is 60.7 Å². The van der Waals surface area contributed by atoms with E-state index in [9.17, 15) is 4.79 Å². The predicted octanol–water partition coefficient (Wildman–Crippen LogP) is 3.54. The van der Waals surface area contributed by atoms with Crippen LogP contribution < -0.4 is 21.3 Å². The molecule has 2 heterocycles. The third kappa shape index (κ3) is 4.55. The van der Waals surface area contributed by atoms with Crippen LogP contribution in [-0.2, 0) is 0 Å². The largest absolute Gasteiger partial charge is 0.360 e. The van der Waals surface area contributed by atoms with E-state index in [1.807, 2.05) is 18.2 Å². The first-order valence-electron chi connectivity index (χ1n) is 11.2. The molecule has 0 amide bonds. The second-order valence-corrected chi connectivity index (χ2v) is 7.79. The van der Waals surface area contributed by atoms with E-state index in [0.29, 0.717) is 11.6 Å². The van der Waals surface area contributed by atoms with Crippen LogP contribution >= 0.6 is 0 Å². The molecule has 0 saturated heterocycles. The van der Waals surface area contributed by atoms with Crippen molar-refractivity contribution in [3.05, 3.63) is 81.1 Å². The van der Waals surface area contributed by atoms with Crippen LogP contribution in [0.2, 0.25) is 0 Å². The first kappa shape index (κ1) is 20.9. The highest BCUT2D eigenvalue weighted by Gasteiger charge is 2.14. The monoisotopic (exact) mass is 414 g/mol. The lowest BCUT2D eigenvalue weighted by molar-refractivity contribution is 0.435. The predicted molar refractivity (Wildman–Crippen MR) is 130 cm³/mol. The van der Waals surface area contributed by atoms with Gasteiger partial charge in [0.05, 0.1) is 10.6 Å². The number of hydrogen-bond donors (Lipinski definition) is 1. The standard InChI is InChI=1S/C26H30N4O/c1-3-17-29(4-2)25-16-15-23-22(19-27-25)24(31)18-26(28-20-11-7-5-8-12-20)30(23)21-13-9-6-10-14-21/h6-7,9-15,18-19,28H,3-5,8,16-17H2,1-2H3. The van der Waals surface area contributed by atoms with Crippen LogP contribution in [0.25, 0.3) is 18.0 Å². The molecule has 1 aliphatic heterocycles. The molecule has 1 aromatic heterocycles. The Bertz CT molecular complexity index is 1200. The summed E-state index contributed by atoms with van der Waals surface area (Å²) in [5.41, 5.74) is 2.01. The summed E-state index contributed by atoms with van der Waals surface area (Å²) in [5, 5.41) is 4.99. The fourth-order valence-electron chi connectivity index (χ4n) is 4.11. The molecule has 0 fully saturated rings. The number of hydrogen-bond acceptors (Lipinski definition) is 4. The molecule has 2 aliphatic rings. The lowest BCUT2D eigenvalue weighted by atomic mass is 10.1. The molecule has 2 aromatic rings. The average Bonchev–Trinajstić information content (AvgIpc) is 3.02. The van der Waals surface area contributed by atoms with Gasteiger partial charge in [-0.05, 0) is 44.4 Å². The average molecular weight is 415 g/mol. The quantitative estimate of drug-likeness (QED) is 0.787. The molecule has 0 radical (unpaired) electrons. The van der Waals surface area contributed by atoms with E-state index in [1.54, 1.807) is 12.3 Å². The van der Waals surface area contributed by atoms with Crippen molar-refractivity contribution in [2.75, 3.05) is 18.4 Å². The Morgan fingerprint density at radius 2 is 1.97 bits per heavy atom. The molecule has 31 heavy (non-hydrogen) atoms. The van der Waals surface area contributed by atoms with Crippen LogP contribution in [0.1, 0.15) is 39.5 Å². The number of anilines is 1. The Labute approximate surface area is 183 Å². The molecule has 0 spiro atoms. The van der Waals surface area contributed by atoms with Gasteiger partial charge >= 0.3 is 0 Å². The molecule has 160 valence electrons. The van der Waals surface area contributed by atoms with Gasteiger partial charge in [-0.15, -0.1) is 0 Å². The zero-order chi connectivity index (χ0) is 21.6. The molecule has 0 bridgehead atoms. The SMILES string of the molecule is CCCN(CC)C1=NC=c2c(=O)cc(NC3=CCCC=C3)n(-c3ccccc3)c2=CC1. The van der Waals surface area contributed by atoms with Crippen LogP contribution in [0.3, 0.4) is 0 Å². The Morgan fingerprint density at radius 1 is 1.13 bits per heavy atom. The third-order valence-electron chi connectivity index (χ3n) is 5.63. The number of nitrogens with zero attached hydrogens (tertiary/aromatic N) is 3. The van der Waals surface area contributed by atoms with E-state index >= 15 is 0 Å². The van der Waals surface area contributed by atoms with Crippen molar-refractivity contribution in [1.82, 2.24) is 9.47 Å².